The maximum absolute atomic E-state index is 11.2. The number of aliphatic hydroxyl groups is 1. The molecule has 0 saturated heterocycles. The lowest BCUT2D eigenvalue weighted by Crippen LogP contribution is -2.45. The first-order valence-electron chi connectivity index (χ1n) is 4.91. The molecule has 0 spiro atoms. The highest BCUT2D eigenvalue weighted by Crippen LogP contribution is 1.90. The number of esters is 1. The molecule has 4 N–H and O–H groups in total. The molecule has 0 fully saturated rings. The van der Waals surface area contributed by atoms with Crippen LogP contribution in [0.2, 0.25) is 0 Å². The number of ether oxygens (including phenoxy) is 1. The van der Waals surface area contributed by atoms with Gasteiger partial charge in [-0.1, -0.05) is 0 Å². The van der Waals surface area contributed by atoms with Crippen molar-refractivity contribution in [1.29, 1.82) is 0 Å². The van der Waals surface area contributed by atoms with Gasteiger partial charge in [-0.15, -0.1) is 0 Å². The molecule has 8 heteroatoms. The van der Waals surface area contributed by atoms with E-state index in [0.717, 1.165) is 0 Å². The van der Waals surface area contributed by atoms with Gasteiger partial charge < -0.3 is 25.6 Å². The average Bonchev–Trinajstić information content (AvgIpc) is 2.27. The van der Waals surface area contributed by atoms with E-state index in [1.807, 2.05) is 0 Å². The van der Waals surface area contributed by atoms with Crippen molar-refractivity contribution in [3.63, 3.8) is 0 Å². The Hall–Kier alpha value is -1.83. The summed E-state index contributed by atoms with van der Waals surface area (Å²) in [5, 5.41) is 21.8. The molecule has 0 aromatic rings. The Labute approximate surface area is 97.9 Å². The number of aliphatic carboxylic acids is 1. The summed E-state index contributed by atoms with van der Waals surface area (Å²) >= 11 is 0. The number of amides is 2. The lowest BCUT2D eigenvalue weighted by molar-refractivity contribution is -0.146. The minimum absolute atomic E-state index is 0.0206. The lowest BCUT2D eigenvalue weighted by Gasteiger charge is -2.12. The molecule has 0 saturated carbocycles. The van der Waals surface area contributed by atoms with Gasteiger partial charge in [-0.3, -0.25) is 0 Å². The number of hydrogen-bond donors (Lipinski definition) is 4. The van der Waals surface area contributed by atoms with Crippen LogP contribution < -0.4 is 10.6 Å². The minimum atomic E-state index is -1.52. The number of hydrogen-bond acceptors (Lipinski definition) is 5. The molecule has 98 valence electrons. The molecule has 17 heavy (non-hydrogen) atoms. The summed E-state index contributed by atoms with van der Waals surface area (Å²) in [7, 11) is 1.20. The fraction of sp³-hybridized carbons (Fsp3) is 0.667. The van der Waals surface area contributed by atoms with Gasteiger partial charge in [-0.2, -0.15) is 0 Å². The smallest absolute Gasteiger partial charge is 0.332 e. The second-order valence-corrected chi connectivity index (χ2v) is 3.29. The van der Waals surface area contributed by atoms with Crippen LogP contribution in [-0.2, 0) is 14.3 Å². The van der Waals surface area contributed by atoms with E-state index in [9.17, 15) is 14.4 Å². The molecule has 0 aliphatic carbocycles. The Morgan fingerprint density at radius 3 is 2.41 bits per heavy atom. The van der Waals surface area contributed by atoms with Crippen molar-refractivity contribution in [3.05, 3.63) is 0 Å². The molecule has 0 aromatic carbocycles. The molecular formula is C9H16N2O6. The van der Waals surface area contributed by atoms with Crippen LogP contribution >= 0.6 is 0 Å². The summed E-state index contributed by atoms with van der Waals surface area (Å²) < 4.78 is 4.39. The van der Waals surface area contributed by atoms with Gasteiger partial charge in [0.25, 0.3) is 0 Å². The van der Waals surface area contributed by atoms with E-state index >= 15 is 0 Å². The zero-order chi connectivity index (χ0) is 13.4. The van der Waals surface area contributed by atoms with Crippen LogP contribution in [0.25, 0.3) is 0 Å². The van der Waals surface area contributed by atoms with Gasteiger partial charge in [-0.05, 0) is 6.92 Å². The molecule has 2 atom stereocenters. The normalized spacial score (nSPS) is 13.4. The third-order valence-electron chi connectivity index (χ3n) is 1.89. The van der Waals surface area contributed by atoms with Crippen LogP contribution in [0.3, 0.4) is 0 Å². The Bertz CT molecular complexity index is 293. The highest BCUT2D eigenvalue weighted by atomic mass is 16.5. The highest BCUT2D eigenvalue weighted by molar-refractivity contribution is 5.83. The quantitative estimate of drug-likeness (QED) is 0.432. The Kier molecular flexibility index (Phi) is 6.64. The maximum Gasteiger partial charge on any atom is 0.332 e. The van der Waals surface area contributed by atoms with Crippen molar-refractivity contribution in [3.8, 4) is 0 Å². The van der Waals surface area contributed by atoms with Crippen molar-refractivity contribution in [2.45, 2.75) is 25.5 Å². The van der Waals surface area contributed by atoms with Gasteiger partial charge >= 0.3 is 18.0 Å². The molecule has 8 nitrogen and oxygen atoms in total. The summed E-state index contributed by atoms with van der Waals surface area (Å²) in [4.78, 5) is 32.3. The van der Waals surface area contributed by atoms with Crippen molar-refractivity contribution >= 4 is 18.0 Å². The fourth-order valence-electron chi connectivity index (χ4n) is 0.929. The number of carboxylic acid groups (broad SMARTS) is 1. The van der Waals surface area contributed by atoms with Gasteiger partial charge in [-0.25, -0.2) is 14.4 Å². The molecule has 0 aliphatic rings. The number of carbonyl (C=O) groups excluding carboxylic acids is 2. The summed E-state index contributed by atoms with van der Waals surface area (Å²) in [6.45, 7) is 1.42. The zero-order valence-corrected chi connectivity index (χ0v) is 9.60. The van der Waals surface area contributed by atoms with Gasteiger partial charge in [0.2, 0.25) is 0 Å². The second kappa shape index (κ2) is 7.44. The van der Waals surface area contributed by atoms with Gasteiger partial charge in [0.1, 0.15) is 6.04 Å². The first kappa shape index (κ1) is 15.2. The second-order valence-electron chi connectivity index (χ2n) is 3.29. The first-order chi connectivity index (χ1) is 7.88. The molecule has 0 bridgehead atoms. The summed E-state index contributed by atoms with van der Waals surface area (Å²) in [5.74, 6) is -1.94. The lowest BCUT2D eigenvalue weighted by atomic mass is 10.2. The molecule has 2 amide bonds. The van der Waals surface area contributed by atoms with Crippen LogP contribution in [0.5, 0.6) is 0 Å². The zero-order valence-electron chi connectivity index (χ0n) is 9.60. The number of carboxylic acids is 1. The van der Waals surface area contributed by atoms with Crippen molar-refractivity contribution in [2.75, 3.05) is 13.7 Å². The molecular weight excluding hydrogens is 232 g/mol. The maximum atomic E-state index is 11.2. The van der Waals surface area contributed by atoms with Crippen LogP contribution in [0.15, 0.2) is 0 Å². The highest BCUT2D eigenvalue weighted by Gasteiger charge is 2.16. The van der Waals surface area contributed by atoms with Gasteiger partial charge in [0, 0.05) is 13.0 Å². The van der Waals surface area contributed by atoms with Crippen LogP contribution in [-0.4, -0.2) is 54.0 Å². The third-order valence-corrected chi connectivity index (χ3v) is 1.89. The predicted octanol–water partition coefficient (Wildman–Crippen LogP) is -1.32. The van der Waals surface area contributed by atoms with Crippen LogP contribution in [0.1, 0.15) is 13.3 Å². The molecule has 1 unspecified atom stereocenters. The molecule has 0 aromatic heterocycles. The van der Waals surface area contributed by atoms with E-state index in [4.69, 9.17) is 10.2 Å². The van der Waals surface area contributed by atoms with E-state index in [1.165, 1.54) is 14.0 Å². The van der Waals surface area contributed by atoms with E-state index in [1.54, 1.807) is 0 Å². The first-order valence-corrected chi connectivity index (χ1v) is 4.91. The number of methoxy groups -OCH3 is 1. The fourth-order valence-corrected chi connectivity index (χ4v) is 0.929. The number of urea groups is 1. The van der Waals surface area contributed by atoms with E-state index in [2.05, 4.69) is 15.4 Å². The Morgan fingerprint density at radius 1 is 1.35 bits per heavy atom. The SMILES string of the molecule is COC(=O)C(C)NC(=O)NCC[C@H](O)C(=O)O. The van der Waals surface area contributed by atoms with Crippen LogP contribution in [0, 0.1) is 0 Å². The number of nitrogens with one attached hydrogen (secondary N) is 2. The Morgan fingerprint density at radius 2 is 1.94 bits per heavy atom. The minimum Gasteiger partial charge on any atom is -0.479 e. The van der Waals surface area contributed by atoms with Crippen LogP contribution in [0.4, 0.5) is 4.79 Å². The van der Waals surface area contributed by atoms with E-state index < -0.39 is 30.1 Å². The standard InChI is InChI=1S/C9H16N2O6/c1-5(8(15)17-2)11-9(16)10-4-3-6(12)7(13)14/h5-6,12H,3-4H2,1-2H3,(H,13,14)(H2,10,11,16)/t5?,6-/m0/s1. The van der Waals surface area contributed by atoms with Crippen molar-refractivity contribution in [2.24, 2.45) is 0 Å². The summed E-state index contributed by atoms with van der Waals surface area (Å²) in [6, 6.07) is -1.44. The monoisotopic (exact) mass is 248 g/mol. The molecule has 0 rings (SSSR count). The largest absolute Gasteiger partial charge is 0.479 e. The van der Waals surface area contributed by atoms with E-state index in [0.29, 0.717) is 0 Å². The average molecular weight is 248 g/mol. The Balaban J connectivity index is 3.81. The van der Waals surface area contributed by atoms with Gasteiger partial charge in [0.15, 0.2) is 6.10 Å². The van der Waals surface area contributed by atoms with Crippen molar-refractivity contribution < 1.29 is 29.3 Å². The molecule has 0 radical (unpaired) electrons. The summed E-state index contributed by atoms with van der Waals surface area (Å²) in [5.41, 5.74) is 0. The molecule has 0 aliphatic heterocycles. The number of rotatable bonds is 6. The topological polar surface area (TPSA) is 125 Å². The number of carbonyl (C=O) groups is 3. The molecule has 0 heterocycles. The number of aliphatic hydroxyl groups excluding tert-OH is 1. The predicted molar refractivity (Wildman–Crippen MR) is 56.3 cm³/mol. The third kappa shape index (κ3) is 6.36. The summed E-state index contributed by atoms with van der Waals surface area (Å²) in [6.07, 6.45) is -1.64. The van der Waals surface area contributed by atoms with Gasteiger partial charge in [0.05, 0.1) is 7.11 Å². The van der Waals surface area contributed by atoms with E-state index in [-0.39, 0.29) is 13.0 Å². The van der Waals surface area contributed by atoms with Crippen molar-refractivity contribution in [1.82, 2.24) is 10.6 Å².